The summed E-state index contributed by atoms with van der Waals surface area (Å²) < 4.78 is 0. The van der Waals surface area contributed by atoms with Crippen LogP contribution in [-0.4, -0.2) is 11.9 Å². The van der Waals surface area contributed by atoms with Crippen molar-refractivity contribution in [2.45, 2.75) is 77.2 Å². The van der Waals surface area contributed by atoms with E-state index in [1.807, 2.05) is 0 Å². The summed E-state index contributed by atoms with van der Waals surface area (Å²) in [6.45, 7) is 2.24. The van der Waals surface area contributed by atoms with Gasteiger partial charge in [0, 0.05) is 12.5 Å². The smallest absolute Gasteiger partial charge is 0.220 e. The quantitative estimate of drug-likeness (QED) is 0.582. The number of rotatable bonds is 9. The highest BCUT2D eigenvalue weighted by atomic mass is 16.1. The summed E-state index contributed by atoms with van der Waals surface area (Å²) >= 11 is 0. The Morgan fingerprint density at radius 1 is 1.07 bits per heavy atom. The van der Waals surface area contributed by atoms with Crippen molar-refractivity contribution in [3.63, 3.8) is 0 Å². The van der Waals surface area contributed by atoms with Gasteiger partial charge in [0.1, 0.15) is 0 Å². The Balaban J connectivity index is 1.77. The highest BCUT2D eigenvalue weighted by molar-refractivity contribution is 5.76. The molecule has 1 aliphatic carbocycles. The lowest BCUT2D eigenvalue weighted by Gasteiger charge is -2.03. The first kappa shape index (κ1) is 12.5. The van der Waals surface area contributed by atoms with Crippen LogP contribution in [0, 0.1) is 0 Å². The lowest BCUT2D eigenvalue weighted by molar-refractivity contribution is -0.121. The SMILES string of the molecule is CCCCCCCCCC(=O)NC1CC1. The zero-order valence-corrected chi connectivity index (χ0v) is 10.1. The van der Waals surface area contributed by atoms with Gasteiger partial charge in [0.25, 0.3) is 0 Å². The number of hydrogen-bond donors (Lipinski definition) is 1. The molecule has 0 aliphatic heterocycles. The van der Waals surface area contributed by atoms with Crippen LogP contribution in [0.4, 0.5) is 0 Å². The van der Waals surface area contributed by atoms with Gasteiger partial charge in [-0.1, -0.05) is 45.4 Å². The summed E-state index contributed by atoms with van der Waals surface area (Å²) in [5.74, 6) is 0.269. The van der Waals surface area contributed by atoms with Crippen LogP contribution >= 0.6 is 0 Å². The molecule has 1 saturated carbocycles. The molecular weight excluding hydrogens is 186 g/mol. The normalized spacial score (nSPS) is 15.3. The third-order valence-electron chi connectivity index (χ3n) is 2.95. The summed E-state index contributed by atoms with van der Waals surface area (Å²) in [6, 6.07) is 0.530. The average molecular weight is 211 g/mol. The molecule has 88 valence electrons. The summed E-state index contributed by atoms with van der Waals surface area (Å²) in [5.41, 5.74) is 0. The third-order valence-corrected chi connectivity index (χ3v) is 2.95. The van der Waals surface area contributed by atoms with Crippen LogP contribution < -0.4 is 5.32 Å². The van der Waals surface area contributed by atoms with Crippen molar-refractivity contribution < 1.29 is 4.79 Å². The van der Waals surface area contributed by atoms with E-state index in [0.29, 0.717) is 6.04 Å². The van der Waals surface area contributed by atoms with Gasteiger partial charge in [-0.25, -0.2) is 0 Å². The second-order valence-corrected chi connectivity index (χ2v) is 4.71. The van der Waals surface area contributed by atoms with E-state index in [4.69, 9.17) is 0 Å². The molecule has 0 bridgehead atoms. The summed E-state index contributed by atoms with van der Waals surface area (Å²) in [5, 5.41) is 3.03. The van der Waals surface area contributed by atoms with Crippen molar-refractivity contribution >= 4 is 5.91 Å². The predicted octanol–water partition coefficient (Wildman–Crippen LogP) is 3.41. The highest BCUT2D eigenvalue weighted by Crippen LogP contribution is 2.19. The first-order valence-electron chi connectivity index (χ1n) is 6.62. The third kappa shape index (κ3) is 7.40. The Kier molecular flexibility index (Phi) is 6.45. The maximum Gasteiger partial charge on any atom is 0.220 e. The first-order chi connectivity index (χ1) is 7.33. The van der Waals surface area contributed by atoms with E-state index in [1.165, 1.54) is 51.4 Å². The lowest BCUT2D eigenvalue weighted by atomic mass is 10.1. The molecule has 0 aromatic carbocycles. The Morgan fingerprint density at radius 3 is 2.27 bits per heavy atom. The number of carbonyl (C=O) groups is 1. The fraction of sp³-hybridized carbons (Fsp3) is 0.923. The van der Waals surface area contributed by atoms with E-state index in [1.54, 1.807) is 0 Å². The minimum atomic E-state index is 0.269. The number of nitrogens with one attached hydrogen (secondary N) is 1. The molecule has 2 heteroatoms. The number of amides is 1. The van der Waals surface area contributed by atoms with Crippen molar-refractivity contribution in [1.29, 1.82) is 0 Å². The van der Waals surface area contributed by atoms with Gasteiger partial charge in [-0.3, -0.25) is 4.79 Å². The van der Waals surface area contributed by atoms with E-state index in [2.05, 4.69) is 12.2 Å². The molecule has 0 aromatic heterocycles. The monoisotopic (exact) mass is 211 g/mol. The fourth-order valence-corrected chi connectivity index (χ4v) is 1.77. The van der Waals surface area contributed by atoms with Crippen molar-refractivity contribution in [3.8, 4) is 0 Å². The summed E-state index contributed by atoms with van der Waals surface area (Å²) in [4.78, 5) is 11.3. The summed E-state index contributed by atoms with van der Waals surface area (Å²) in [6.07, 6.45) is 12.1. The minimum Gasteiger partial charge on any atom is -0.353 e. The van der Waals surface area contributed by atoms with Crippen LogP contribution in [-0.2, 0) is 4.79 Å². The van der Waals surface area contributed by atoms with Crippen LogP contribution in [0.5, 0.6) is 0 Å². The van der Waals surface area contributed by atoms with Crippen molar-refractivity contribution in [1.82, 2.24) is 5.32 Å². The molecule has 0 atom stereocenters. The lowest BCUT2D eigenvalue weighted by Crippen LogP contribution is -2.24. The Hall–Kier alpha value is -0.530. The zero-order chi connectivity index (χ0) is 10.9. The van der Waals surface area contributed by atoms with Crippen LogP contribution in [0.3, 0.4) is 0 Å². The largest absolute Gasteiger partial charge is 0.353 e. The molecule has 1 rings (SSSR count). The van der Waals surface area contributed by atoms with Gasteiger partial charge in [0.05, 0.1) is 0 Å². The van der Waals surface area contributed by atoms with Crippen LogP contribution in [0.1, 0.15) is 71.1 Å². The molecule has 0 aromatic rings. The number of carbonyl (C=O) groups excluding carboxylic acids is 1. The van der Waals surface area contributed by atoms with E-state index < -0.39 is 0 Å². The Morgan fingerprint density at radius 2 is 1.67 bits per heavy atom. The van der Waals surface area contributed by atoms with Gasteiger partial charge in [-0.15, -0.1) is 0 Å². The molecule has 15 heavy (non-hydrogen) atoms. The molecule has 0 unspecified atom stereocenters. The second-order valence-electron chi connectivity index (χ2n) is 4.71. The van der Waals surface area contributed by atoms with Gasteiger partial charge in [-0.05, 0) is 19.3 Å². The molecule has 1 amide bonds. The van der Waals surface area contributed by atoms with Crippen LogP contribution in [0.25, 0.3) is 0 Å². The van der Waals surface area contributed by atoms with Gasteiger partial charge in [0.2, 0.25) is 5.91 Å². The van der Waals surface area contributed by atoms with Gasteiger partial charge >= 0.3 is 0 Å². The minimum absolute atomic E-state index is 0.269. The Labute approximate surface area is 93.8 Å². The first-order valence-corrected chi connectivity index (χ1v) is 6.62. The molecule has 1 N–H and O–H groups in total. The van der Waals surface area contributed by atoms with Gasteiger partial charge in [-0.2, -0.15) is 0 Å². The fourth-order valence-electron chi connectivity index (χ4n) is 1.77. The predicted molar refractivity (Wildman–Crippen MR) is 63.8 cm³/mol. The van der Waals surface area contributed by atoms with E-state index in [-0.39, 0.29) is 5.91 Å². The van der Waals surface area contributed by atoms with E-state index >= 15 is 0 Å². The number of unbranched alkanes of at least 4 members (excludes halogenated alkanes) is 6. The molecule has 1 aliphatic rings. The zero-order valence-electron chi connectivity index (χ0n) is 10.1. The van der Waals surface area contributed by atoms with Crippen LogP contribution in [0.2, 0.25) is 0 Å². The summed E-state index contributed by atoms with van der Waals surface area (Å²) in [7, 11) is 0. The molecule has 2 nitrogen and oxygen atoms in total. The Bertz CT molecular complexity index is 175. The van der Waals surface area contributed by atoms with E-state index in [0.717, 1.165) is 12.8 Å². The molecule has 0 radical (unpaired) electrons. The molecule has 0 spiro atoms. The van der Waals surface area contributed by atoms with Gasteiger partial charge in [0.15, 0.2) is 0 Å². The maximum atomic E-state index is 11.3. The van der Waals surface area contributed by atoms with Crippen LogP contribution in [0.15, 0.2) is 0 Å². The number of hydrogen-bond acceptors (Lipinski definition) is 1. The van der Waals surface area contributed by atoms with Gasteiger partial charge < -0.3 is 5.32 Å². The van der Waals surface area contributed by atoms with E-state index in [9.17, 15) is 4.79 Å². The highest BCUT2D eigenvalue weighted by Gasteiger charge is 2.22. The second kappa shape index (κ2) is 7.72. The topological polar surface area (TPSA) is 29.1 Å². The molecular formula is C13H25NO. The molecule has 1 fully saturated rings. The van der Waals surface area contributed by atoms with Crippen molar-refractivity contribution in [2.24, 2.45) is 0 Å². The molecule has 0 heterocycles. The van der Waals surface area contributed by atoms with Crippen molar-refractivity contribution in [2.75, 3.05) is 0 Å². The maximum absolute atomic E-state index is 11.3. The standard InChI is InChI=1S/C13H25NO/c1-2-3-4-5-6-7-8-9-13(15)14-12-10-11-12/h12H,2-11H2,1H3,(H,14,15). The van der Waals surface area contributed by atoms with Crippen molar-refractivity contribution in [3.05, 3.63) is 0 Å². The molecule has 0 saturated heterocycles. The average Bonchev–Trinajstić information content (AvgIpc) is 3.00.